The number of nitrogens with zero attached hydrogens (tertiary/aromatic N) is 4. The van der Waals surface area contributed by atoms with Crippen LogP contribution in [-0.4, -0.2) is 62.3 Å². The van der Waals surface area contributed by atoms with E-state index in [1.807, 2.05) is 0 Å². The molecular formula is C24H22F6N6O2. The second kappa shape index (κ2) is 8.88. The number of nitrogen functional groups attached to an aromatic ring is 1. The third-order valence-electron chi connectivity index (χ3n) is 6.90. The number of hydrogen-bond donors (Lipinski definition) is 2. The van der Waals surface area contributed by atoms with E-state index in [4.69, 9.17) is 5.73 Å². The molecular weight excluding hydrogens is 518 g/mol. The molecule has 38 heavy (non-hydrogen) atoms. The Morgan fingerprint density at radius 1 is 1.21 bits per heavy atom. The molecule has 0 spiro atoms. The third kappa shape index (κ3) is 4.31. The summed E-state index contributed by atoms with van der Waals surface area (Å²) in [6, 6.07) is 1.71. The van der Waals surface area contributed by atoms with Crippen LogP contribution in [0.15, 0.2) is 24.5 Å². The number of carbonyl (C=O) groups is 2. The van der Waals surface area contributed by atoms with E-state index < -0.39 is 65.1 Å². The molecule has 0 bridgehead atoms. The van der Waals surface area contributed by atoms with Crippen molar-refractivity contribution in [1.29, 1.82) is 0 Å². The summed E-state index contributed by atoms with van der Waals surface area (Å²) in [5.74, 6) is -3.04. The number of alkyl halides is 5. The number of rotatable bonds is 5. The SMILES string of the molecule is CCc1c(F)cc(-c2cc(C(F)(F)F)c3c(N)ncnn23)cc1C(=O)N[C@@H]1CN(C(=O)C2(F)CC2)C[C@@H]1F. The maximum Gasteiger partial charge on any atom is 0.418 e. The topological polar surface area (TPSA) is 106 Å². The lowest BCUT2D eigenvalue weighted by Crippen LogP contribution is -2.43. The van der Waals surface area contributed by atoms with Gasteiger partial charge in [-0.3, -0.25) is 9.59 Å². The van der Waals surface area contributed by atoms with Crippen LogP contribution in [0.3, 0.4) is 0 Å². The number of nitrogens with one attached hydrogen (secondary N) is 1. The van der Waals surface area contributed by atoms with E-state index in [0.29, 0.717) is 0 Å². The van der Waals surface area contributed by atoms with Crippen molar-refractivity contribution >= 4 is 23.1 Å². The summed E-state index contributed by atoms with van der Waals surface area (Å²) in [6.45, 7) is 0.902. The van der Waals surface area contributed by atoms with E-state index >= 15 is 4.39 Å². The maximum atomic E-state index is 15.1. The lowest BCUT2D eigenvalue weighted by atomic mass is 9.98. The van der Waals surface area contributed by atoms with Gasteiger partial charge in [0.1, 0.15) is 23.8 Å². The van der Waals surface area contributed by atoms with E-state index in [0.717, 1.165) is 27.9 Å². The highest BCUT2D eigenvalue weighted by Gasteiger charge is 2.54. The molecule has 3 heterocycles. The van der Waals surface area contributed by atoms with Crippen molar-refractivity contribution in [2.75, 3.05) is 18.8 Å². The number of amides is 2. The highest BCUT2D eigenvalue weighted by Crippen LogP contribution is 2.42. The monoisotopic (exact) mass is 540 g/mol. The number of carbonyl (C=O) groups excluding carboxylic acids is 2. The highest BCUT2D eigenvalue weighted by atomic mass is 19.4. The zero-order valence-corrected chi connectivity index (χ0v) is 20.0. The summed E-state index contributed by atoms with van der Waals surface area (Å²) >= 11 is 0. The van der Waals surface area contributed by atoms with Crippen LogP contribution in [0, 0.1) is 5.82 Å². The first-order chi connectivity index (χ1) is 17.8. The van der Waals surface area contributed by atoms with Gasteiger partial charge in [-0.25, -0.2) is 22.7 Å². The Hall–Kier alpha value is -3.84. The third-order valence-corrected chi connectivity index (χ3v) is 6.90. The normalized spacial score (nSPS) is 20.7. The lowest BCUT2D eigenvalue weighted by molar-refractivity contribution is -0.137. The molecule has 1 aromatic carbocycles. The molecule has 1 aliphatic heterocycles. The minimum Gasteiger partial charge on any atom is -0.382 e. The fourth-order valence-electron chi connectivity index (χ4n) is 4.76. The van der Waals surface area contributed by atoms with Gasteiger partial charge in [-0.2, -0.15) is 18.3 Å². The predicted octanol–water partition coefficient (Wildman–Crippen LogP) is 3.48. The predicted molar refractivity (Wildman–Crippen MR) is 123 cm³/mol. The van der Waals surface area contributed by atoms with Crippen LogP contribution in [-0.2, 0) is 17.4 Å². The smallest absolute Gasteiger partial charge is 0.382 e. The number of aromatic nitrogens is 3. The van der Waals surface area contributed by atoms with Gasteiger partial charge in [0.2, 0.25) is 0 Å². The molecule has 0 unspecified atom stereocenters. The first-order valence-corrected chi connectivity index (χ1v) is 11.8. The van der Waals surface area contributed by atoms with Crippen molar-refractivity contribution in [2.24, 2.45) is 0 Å². The zero-order chi connectivity index (χ0) is 27.6. The molecule has 1 aliphatic carbocycles. The average molecular weight is 540 g/mol. The van der Waals surface area contributed by atoms with Crippen LogP contribution in [0.25, 0.3) is 16.8 Å². The second-order valence-electron chi connectivity index (χ2n) is 9.46. The summed E-state index contributed by atoms with van der Waals surface area (Å²) in [4.78, 5) is 30.0. The van der Waals surface area contributed by atoms with Gasteiger partial charge in [-0.05, 0) is 37.5 Å². The Bertz CT molecular complexity index is 1450. The van der Waals surface area contributed by atoms with Crippen molar-refractivity contribution in [2.45, 2.75) is 50.2 Å². The van der Waals surface area contributed by atoms with Crippen molar-refractivity contribution in [3.05, 3.63) is 47.0 Å². The van der Waals surface area contributed by atoms with E-state index in [1.54, 1.807) is 6.92 Å². The number of nitrogens with two attached hydrogens (primary N) is 1. The van der Waals surface area contributed by atoms with Crippen LogP contribution in [0.2, 0.25) is 0 Å². The Balaban J connectivity index is 1.50. The number of fused-ring (bicyclic) bond motifs is 1. The Labute approximate surface area is 211 Å². The van der Waals surface area contributed by atoms with Gasteiger partial charge in [0, 0.05) is 23.2 Å². The van der Waals surface area contributed by atoms with Crippen LogP contribution in [0.4, 0.5) is 32.2 Å². The molecule has 3 N–H and O–H groups in total. The quantitative estimate of drug-likeness (QED) is 0.483. The van der Waals surface area contributed by atoms with E-state index in [2.05, 4.69) is 15.4 Å². The molecule has 14 heteroatoms. The average Bonchev–Trinajstić information content (AvgIpc) is 3.30. The summed E-state index contributed by atoms with van der Waals surface area (Å²) in [6.07, 6.45) is -5.41. The van der Waals surface area contributed by atoms with Crippen molar-refractivity contribution in [3.63, 3.8) is 0 Å². The van der Waals surface area contributed by atoms with Gasteiger partial charge >= 0.3 is 6.18 Å². The zero-order valence-electron chi connectivity index (χ0n) is 20.0. The van der Waals surface area contributed by atoms with Crippen LogP contribution < -0.4 is 11.1 Å². The van der Waals surface area contributed by atoms with Crippen LogP contribution in [0.1, 0.15) is 41.3 Å². The first-order valence-electron chi connectivity index (χ1n) is 11.8. The molecule has 2 amide bonds. The standard InChI is InChI=1S/C24H22F6N6O2/c1-2-12-13(21(37)34-17-9-35(8-16(17)26)22(38)23(27)3-4-23)5-11(6-15(12)25)18-7-14(24(28,29)30)19-20(31)32-10-33-36(18)19/h5-7,10,16-17H,2-4,8-9H2,1H3,(H,34,37)(H2,31,32,33)/t16-,17+/m0/s1. The first kappa shape index (κ1) is 25.8. The maximum absolute atomic E-state index is 15.1. The minimum absolute atomic E-state index is 0.0423. The highest BCUT2D eigenvalue weighted by molar-refractivity contribution is 5.97. The number of likely N-dealkylation sites (tertiary alicyclic amines) is 1. The van der Waals surface area contributed by atoms with Gasteiger partial charge < -0.3 is 16.0 Å². The van der Waals surface area contributed by atoms with Crippen LogP contribution in [0.5, 0.6) is 0 Å². The Kier molecular flexibility index (Phi) is 6.03. The number of benzene rings is 1. The summed E-state index contributed by atoms with van der Waals surface area (Å²) in [5.41, 5.74) is 1.42. The molecule has 1 saturated carbocycles. The van der Waals surface area contributed by atoms with Gasteiger partial charge in [0.15, 0.2) is 11.5 Å². The summed E-state index contributed by atoms with van der Waals surface area (Å²) in [7, 11) is 0. The second-order valence-corrected chi connectivity index (χ2v) is 9.46. The number of anilines is 1. The molecule has 8 nitrogen and oxygen atoms in total. The molecule has 202 valence electrons. The molecule has 3 aromatic rings. The van der Waals surface area contributed by atoms with Crippen molar-refractivity contribution in [3.8, 4) is 11.3 Å². The van der Waals surface area contributed by atoms with Gasteiger partial charge in [0.25, 0.3) is 11.8 Å². The van der Waals surface area contributed by atoms with Crippen molar-refractivity contribution < 1.29 is 35.9 Å². The van der Waals surface area contributed by atoms with Gasteiger partial charge in [0.05, 0.1) is 23.8 Å². The lowest BCUT2D eigenvalue weighted by Gasteiger charge is -2.19. The molecule has 0 radical (unpaired) electrons. The fourth-order valence-corrected chi connectivity index (χ4v) is 4.76. The largest absolute Gasteiger partial charge is 0.418 e. The van der Waals surface area contributed by atoms with Gasteiger partial charge in [-0.15, -0.1) is 0 Å². The molecule has 1 saturated heterocycles. The summed E-state index contributed by atoms with van der Waals surface area (Å²) in [5, 5.41) is 6.26. The van der Waals surface area contributed by atoms with Gasteiger partial charge in [-0.1, -0.05) is 6.92 Å². The molecule has 2 aliphatic rings. The van der Waals surface area contributed by atoms with E-state index in [9.17, 15) is 31.5 Å². The van der Waals surface area contributed by atoms with E-state index in [1.165, 1.54) is 6.07 Å². The summed E-state index contributed by atoms with van der Waals surface area (Å²) < 4.78 is 86.0. The van der Waals surface area contributed by atoms with E-state index in [-0.39, 0.29) is 48.2 Å². The fraction of sp³-hybridized carbons (Fsp3) is 0.417. The Morgan fingerprint density at radius 2 is 1.92 bits per heavy atom. The Morgan fingerprint density at radius 3 is 2.55 bits per heavy atom. The molecule has 2 fully saturated rings. The number of hydrogen-bond acceptors (Lipinski definition) is 5. The minimum atomic E-state index is -4.83. The molecule has 5 rings (SSSR count). The number of halogens is 6. The van der Waals surface area contributed by atoms with Crippen molar-refractivity contribution in [1.82, 2.24) is 24.8 Å². The molecule has 2 atom stereocenters. The van der Waals surface area contributed by atoms with Crippen LogP contribution >= 0.6 is 0 Å². The molecule has 2 aromatic heterocycles.